The highest BCUT2D eigenvalue weighted by Crippen LogP contribution is 2.21. The van der Waals surface area contributed by atoms with Crippen molar-refractivity contribution in [1.82, 2.24) is 14.0 Å². The third kappa shape index (κ3) is 2.16. The van der Waals surface area contributed by atoms with Gasteiger partial charge in [0.1, 0.15) is 11.3 Å². The Labute approximate surface area is 137 Å². The highest BCUT2D eigenvalue weighted by Gasteiger charge is 2.15. The lowest BCUT2D eigenvalue weighted by molar-refractivity contribution is 0.102. The number of nitrogens with zero attached hydrogens (tertiary/aromatic N) is 3. The molecule has 1 aromatic carbocycles. The molecule has 0 unspecified atom stereocenters. The number of fused-ring (bicyclic) bond motifs is 2. The molecule has 1 N–H and O–H groups in total. The first-order valence-corrected chi connectivity index (χ1v) is 7.47. The monoisotopic (exact) mass is 318 g/mol. The van der Waals surface area contributed by atoms with Gasteiger partial charge in [-0.1, -0.05) is 24.3 Å². The van der Waals surface area contributed by atoms with E-state index in [-0.39, 0.29) is 17.2 Å². The van der Waals surface area contributed by atoms with Crippen LogP contribution in [0.15, 0.2) is 65.8 Å². The molecule has 0 aliphatic rings. The lowest BCUT2D eigenvalue weighted by Crippen LogP contribution is -2.23. The van der Waals surface area contributed by atoms with Crippen molar-refractivity contribution >= 4 is 28.1 Å². The second-order valence-corrected chi connectivity index (χ2v) is 5.53. The summed E-state index contributed by atoms with van der Waals surface area (Å²) in [6.45, 7) is 0. The van der Waals surface area contributed by atoms with E-state index in [2.05, 4.69) is 10.3 Å². The first kappa shape index (κ1) is 14.2. The van der Waals surface area contributed by atoms with Gasteiger partial charge in [-0.3, -0.25) is 14.0 Å². The Kier molecular flexibility index (Phi) is 3.16. The molecule has 0 saturated carbocycles. The second kappa shape index (κ2) is 5.34. The Morgan fingerprint density at radius 1 is 1.12 bits per heavy atom. The number of pyridine rings is 1. The summed E-state index contributed by atoms with van der Waals surface area (Å²) < 4.78 is 3.29. The van der Waals surface area contributed by atoms with Crippen LogP contribution in [0.2, 0.25) is 0 Å². The first-order chi connectivity index (χ1) is 11.6. The number of hydrogen-bond donors (Lipinski definition) is 1. The van der Waals surface area contributed by atoms with E-state index >= 15 is 0 Å². The molecule has 6 heteroatoms. The van der Waals surface area contributed by atoms with Gasteiger partial charge in [0.05, 0.1) is 11.8 Å². The second-order valence-electron chi connectivity index (χ2n) is 5.53. The average Bonchev–Trinajstić information content (AvgIpc) is 2.95. The van der Waals surface area contributed by atoms with Crippen molar-refractivity contribution < 1.29 is 4.79 Å². The Bertz CT molecular complexity index is 1140. The number of amides is 1. The largest absolute Gasteiger partial charge is 0.350 e. The molecule has 0 aliphatic heterocycles. The maximum atomic E-state index is 12.6. The van der Waals surface area contributed by atoms with Crippen molar-refractivity contribution in [1.29, 1.82) is 0 Å². The molecule has 4 aromatic rings. The van der Waals surface area contributed by atoms with Crippen LogP contribution in [0.3, 0.4) is 0 Å². The fourth-order valence-electron chi connectivity index (χ4n) is 2.82. The minimum Gasteiger partial charge on any atom is -0.350 e. The predicted octanol–water partition coefficient (Wildman–Crippen LogP) is 2.44. The lowest BCUT2D eigenvalue weighted by Gasteiger charge is -2.05. The van der Waals surface area contributed by atoms with Crippen LogP contribution in [0.4, 0.5) is 5.69 Å². The molecule has 0 saturated heterocycles. The van der Waals surface area contributed by atoms with Crippen molar-refractivity contribution in [3.05, 3.63) is 77.0 Å². The molecule has 0 bridgehead atoms. The van der Waals surface area contributed by atoms with Gasteiger partial charge in [-0.05, 0) is 18.2 Å². The van der Waals surface area contributed by atoms with Crippen LogP contribution in [0.1, 0.15) is 10.4 Å². The fraction of sp³-hybridized carbons (Fsp3) is 0.0556. The van der Waals surface area contributed by atoms with Crippen LogP contribution < -0.4 is 10.9 Å². The van der Waals surface area contributed by atoms with Gasteiger partial charge in [-0.15, -0.1) is 0 Å². The Hall–Kier alpha value is -3.41. The summed E-state index contributed by atoms with van der Waals surface area (Å²) in [5, 5.41) is 3.52. The molecule has 1 amide bonds. The van der Waals surface area contributed by atoms with E-state index in [1.807, 2.05) is 35.9 Å². The molecule has 24 heavy (non-hydrogen) atoms. The standard InChI is InChI=1S/C18H14N4O2/c1-21-11-13(12-6-2-3-7-15(12)21)17(23)20-14-10-19-16-8-4-5-9-22(16)18(14)24/h2-11H,1H3,(H,20,23). The number of aromatic nitrogens is 3. The number of hydrogen-bond acceptors (Lipinski definition) is 3. The van der Waals surface area contributed by atoms with Crippen LogP contribution in [-0.2, 0) is 7.05 Å². The third-order valence-corrected chi connectivity index (χ3v) is 4.00. The topological polar surface area (TPSA) is 68.4 Å². The normalized spacial score (nSPS) is 11.0. The SMILES string of the molecule is Cn1cc(C(=O)Nc2cnc3ccccn3c2=O)c2ccccc21. The van der Waals surface area contributed by atoms with Crippen molar-refractivity contribution in [2.75, 3.05) is 5.32 Å². The molecule has 3 aromatic heterocycles. The molecular weight excluding hydrogens is 304 g/mol. The maximum absolute atomic E-state index is 12.6. The van der Waals surface area contributed by atoms with E-state index in [1.165, 1.54) is 10.6 Å². The molecule has 118 valence electrons. The number of carbonyl (C=O) groups excluding carboxylic acids is 1. The lowest BCUT2D eigenvalue weighted by atomic mass is 10.1. The van der Waals surface area contributed by atoms with Crippen LogP contribution in [0.5, 0.6) is 0 Å². The first-order valence-electron chi connectivity index (χ1n) is 7.47. The number of para-hydroxylation sites is 1. The zero-order chi connectivity index (χ0) is 16.7. The summed E-state index contributed by atoms with van der Waals surface area (Å²) >= 11 is 0. The van der Waals surface area contributed by atoms with Crippen molar-refractivity contribution in [3.8, 4) is 0 Å². The van der Waals surface area contributed by atoms with E-state index in [1.54, 1.807) is 30.6 Å². The average molecular weight is 318 g/mol. The van der Waals surface area contributed by atoms with E-state index < -0.39 is 0 Å². The summed E-state index contributed by atoms with van der Waals surface area (Å²) in [5.74, 6) is -0.332. The summed E-state index contributed by atoms with van der Waals surface area (Å²) in [6, 6.07) is 12.9. The molecule has 4 rings (SSSR count). The summed E-state index contributed by atoms with van der Waals surface area (Å²) in [4.78, 5) is 29.3. The molecule has 0 radical (unpaired) electrons. The van der Waals surface area contributed by atoms with Crippen molar-refractivity contribution in [2.24, 2.45) is 7.05 Å². The molecular formula is C18H14N4O2. The van der Waals surface area contributed by atoms with E-state index in [0.29, 0.717) is 11.2 Å². The fourth-order valence-corrected chi connectivity index (χ4v) is 2.82. The van der Waals surface area contributed by atoms with Crippen LogP contribution in [0.25, 0.3) is 16.6 Å². The van der Waals surface area contributed by atoms with Gasteiger partial charge in [-0.25, -0.2) is 4.98 Å². The molecule has 0 spiro atoms. The summed E-state index contributed by atoms with van der Waals surface area (Å²) in [6.07, 6.45) is 4.77. The van der Waals surface area contributed by atoms with Crippen molar-refractivity contribution in [3.63, 3.8) is 0 Å². The predicted molar refractivity (Wildman–Crippen MR) is 92.3 cm³/mol. The Morgan fingerprint density at radius 3 is 2.79 bits per heavy atom. The van der Waals surface area contributed by atoms with Crippen molar-refractivity contribution in [2.45, 2.75) is 0 Å². The van der Waals surface area contributed by atoms with E-state index in [9.17, 15) is 9.59 Å². The van der Waals surface area contributed by atoms with Gasteiger partial charge < -0.3 is 9.88 Å². The van der Waals surface area contributed by atoms with E-state index in [4.69, 9.17) is 0 Å². The number of anilines is 1. The summed E-state index contributed by atoms with van der Waals surface area (Å²) in [7, 11) is 1.88. The summed E-state index contributed by atoms with van der Waals surface area (Å²) in [5.41, 5.74) is 1.85. The molecule has 0 aliphatic carbocycles. The van der Waals surface area contributed by atoms with Gasteiger partial charge >= 0.3 is 0 Å². The maximum Gasteiger partial charge on any atom is 0.281 e. The molecule has 3 heterocycles. The zero-order valence-corrected chi connectivity index (χ0v) is 12.9. The highest BCUT2D eigenvalue weighted by molar-refractivity contribution is 6.12. The third-order valence-electron chi connectivity index (χ3n) is 4.00. The number of benzene rings is 1. The molecule has 0 atom stereocenters. The van der Waals surface area contributed by atoms with Gasteiger partial charge in [0, 0.05) is 30.3 Å². The van der Waals surface area contributed by atoms with Gasteiger partial charge in [0.25, 0.3) is 11.5 Å². The number of carbonyl (C=O) groups is 1. The minimum absolute atomic E-state index is 0.150. The quantitative estimate of drug-likeness (QED) is 0.617. The minimum atomic E-state index is -0.332. The van der Waals surface area contributed by atoms with Gasteiger partial charge in [0.15, 0.2) is 0 Å². The van der Waals surface area contributed by atoms with E-state index in [0.717, 1.165) is 10.9 Å². The van der Waals surface area contributed by atoms with Crippen LogP contribution in [-0.4, -0.2) is 19.9 Å². The van der Waals surface area contributed by atoms with Crippen LogP contribution >= 0.6 is 0 Å². The molecule has 0 fully saturated rings. The number of nitrogens with one attached hydrogen (secondary N) is 1. The highest BCUT2D eigenvalue weighted by atomic mass is 16.2. The number of rotatable bonds is 2. The Morgan fingerprint density at radius 2 is 1.92 bits per heavy atom. The smallest absolute Gasteiger partial charge is 0.281 e. The Balaban J connectivity index is 1.76. The van der Waals surface area contributed by atoms with Gasteiger partial charge in [-0.2, -0.15) is 0 Å². The zero-order valence-electron chi connectivity index (χ0n) is 12.9. The number of aryl methyl sites for hydroxylation is 1. The van der Waals surface area contributed by atoms with Gasteiger partial charge in [0.2, 0.25) is 0 Å². The van der Waals surface area contributed by atoms with Crippen LogP contribution in [0, 0.1) is 0 Å². The molecule has 6 nitrogen and oxygen atoms in total.